The quantitative estimate of drug-likeness (QED) is 0.754. The number of hydrogen-bond acceptors (Lipinski definition) is 5. The molecule has 0 radical (unpaired) electrons. The molecular formula is C18H19FN4O3. The number of ether oxygens (including phenoxy) is 1. The largest absolute Gasteiger partial charge is 0.472 e. The molecular weight excluding hydrogens is 339 g/mol. The number of carbonyl (C=O) groups excluding carboxylic acids is 1. The topological polar surface area (TPSA) is 77.3 Å². The Kier molecular flexibility index (Phi) is 4.40. The molecule has 8 heteroatoms. The molecule has 1 aliphatic carbocycles. The van der Waals surface area contributed by atoms with Gasteiger partial charge < -0.3 is 9.64 Å². The van der Waals surface area contributed by atoms with E-state index in [0.29, 0.717) is 25.4 Å². The second kappa shape index (κ2) is 6.86. The first-order valence-corrected chi connectivity index (χ1v) is 8.72. The molecule has 1 saturated carbocycles. The first-order chi connectivity index (χ1) is 12.6. The highest BCUT2D eigenvalue weighted by Crippen LogP contribution is 2.38. The molecule has 1 amide bonds. The van der Waals surface area contributed by atoms with Crippen LogP contribution >= 0.6 is 0 Å². The predicted octanol–water partition coefficient (Wildman–Crippen LogP) is 1.33. The van der Waals surface area contributed by atoms with Gasteiger partial charge in [0.2, 0.25) is 17.7 Å². The monoisotopic (exact) mass is 358 g/mol. The van der Waals surface area contributed by atoms with Crippen LogP contribution in [-0.4, -0.2) is 44.5 Å². The second-order valence-corrected chi connectivity index (χ2v) is 6.72. The summed E-state index contributed by atoms with van der Waals surface area (Å²) in [7, 11) is 0. The minimum absolute atomic E-state index is 0.0400. The number of halogens is 1. The van der Waals surface area contributed by atoms with E-state index in [9.17, 15) is 14.0 Å². The maximum atomic E-state index is 13.1. The summed E-state index contributed by atoms with van der Waals surface area (Å²) in [6.07, 6.45) is 4.00. The van der Waals surface area contributed by atoms with E-state index >= 15 is 0 Å². The van der Waals surface area contributed by atoms with Gasteiger partial charge in [-0.05, 0) is 18.9 Å². The fourth-order valence-electron chi connectivity index (χ4n) is 3.08. The van der Waals surface area contributed by atoms with Crippen molar-refractivity contribution in [3.05, 3.63) is 52.6 Å². The molecule has 1 atom stereocenters. The van der Waals surface area contributed by atoms with Gasteiger partial charge in [0.15, 0.2) is 0 Å². The average Bonchev–Trinajstić information content (AvgIpc) is 3.36. The molecule has 0 N–H and O–H groups in total. The molecule has 0 spiro atoms. The molecule has 2 aromatic rings. The summed E-state index contributed by atoms with van der Waals surface area (Å²) in [6, 6.07) is 5.88. The minimum atomic E-state index is -0.602. The Morgan fingerprint density at radius 1 is 1.31 bits per heavy atom. The summed E-state index contributed by atoms with van der Waals surface area (Å²) in [6.45, 7) is 0.877. The maximum absolute atomic E-state index is 13.1. The zero-order valence-electron chi connectivity index (χ0n) is 14.2. The van der Waals surface area contributed by atoms with E-state index in [-0.39, 0.29) is 30.0 Å². The highest BCUT2D eigenvalue weighted by Gasteiger charge is 2.29. The number of nitrogens with zero attached hydrogens (tertiary/aromatic N) is 4. The van der Waals surface area contributed by atoms with Crippen LogP contribution in [0.3, 0.4) is 0 Å². The normalized spacial score (nSPS) is 19.6. The van der Waals surface area contributed by atoms with Crippen molar-refractivity contribution in [1.29, 1.82) is 0 Å². The van der Waals surface area contributed by atoms with Gasteiger partial charge in [-0.1, -0.05) is 6.07 Å². The number of likely N-dealkylation sites (tertiary alicyclic amines) is 1. The SMILES string of the molecule is O=C(Cn1cnc(C2CC2)cc1=O)N1CCC(Oc2cccc(F)n2)C1. The lowest BCUT2D eigenvalue weighted by atomic mass is 10.3. The summed E-state index contributed by atoms with van der Waals surface area (Å²) >= 11 is 0. The first kappa shape index (κ1) is 16.7. The molecule has 4 rings (SSSR count). The van der Waals surface area contributed by atoms with Crippen LogP contribution in [-0.2, 0) is 11.3 Å². The van der Waals surface area contributed by atoms with E-state index in [1.807, 2.05) is 0 Å². The van der Waals surface area contributed by atoms with E-state index in [4.69, 9.17) is 4.74 Å². The molecule has 0 bridgehead atoms. The summed E-state index contributed by atoms with van der Waals surface area (Å²) in [5.74, 6) is -0.150. The zero-order chi connectivity index (χ0) is 18.1. The van der Waals surface area contributed by atoms with Crippen LogP contribution in [0.25, 0.3) is 0 Å². The van der Waals surface area contributed by atoms with E-state index in [2.05, 4.69) is 9.97 Å². The Balaban J connectivity index is 1.35. The van der Waals surface area contributed by atoms with Crippen molar-refractivity contribution in [1.82, 2.24) is 19.4 Å². The molecule has 2 fully saturated rings. The van der Waals surface area contributed by atoms with E-state index in [1.54, 1.807) is 11.0 Å². The molecule has 26 heavy (non-hydrogen) atoms. The number of rotatable bonds is 5. The van der Waals surface area contributed by atoms with Crippen molar-refractivity contribution in [2.24, 2.45) is 0 Å². The third-order valence-electron chi connectivity index (χ3n) is 4.68. The van der Waals surface area contributed by atoms with Crippen molar-refractivity contribution in [3.63, 3.8) is 0 Å². The molecule has 3 heterocycles. The van der Waals surface area contributed by atoms with Gasteiger partial charge in [0.25, 0.3) is 5.56 Å². The third kappa shape index (κ3) is 3.74. The third-order valence-corrected chi connectivity index (χ3v) is 4.68. The molecule has 2 aromatic heterocycles. The van der Waals surface area contributed by atoms with Crippen LogP contribution in [0, 0.1) is 5.95 Å². The summed E-state index contributed by atoms with van der Waals surface area (Å²) in [5, 5.41) is 0. The lowest BCUT2D eigenvalue weighted by Gasteiger charge is -2.17. The van der Waals surface area contributed by atoms with E-state index in [1.165, 1.54) is 29.1 Å². The van der Waals surface area contributed by atoms with Crippen LogP contribution in [0.2, 0.25) is 0 Å². The van der Waals surface area contributed by atoms with Crippen LogP contribution in [0.15, 0.2) is 35.4 Å². The summed E-state index contributed by atoms with van der Waals surface area (Å²) < 4.78 is 20.1. The fraction of sp³-hybridized carbons (Fsp3) is 0.444. The maximum Gasteiger partial charge on any atom is 0.254 e. The Morgan fingerprint density at radius 2 is 2.15 bits per heavy atom. The molecule has 0 aromatic carbocycles. The van der Waals surface area contributed by atoms with Gasteiger partial charge in [-0.25, -0.2) is 4.98 Å². The fourth-order valence-corrected chi connectivity index (χ4v) is 3.08. The Morgan fingerprint density at radius 3 is 2.88 bits per heavy atom. The van der Waals surface area contributed by atoms with Crippen molar-refractivity contribution >= 4 is 5.91 Å². The van der Waals surface area contributed by atoms with Gasteiger partial charge in [0.1, 0.15) is 12.6 Å². The van der Waals surface area contributed by atoms with Gasteiger partial charge in [0, 0.05) is 31.0 Å². The molecule has 7 nitrogen and oxygen atoms in total. The number of amides is 1. The van der Waals surface area contributed by atoms with Crippen LogP contribution in [0.5, 0.6) is 5.88 Å². The average molecular weight is 358 g/mol. The van der Waals surface area contributed by atoms with Crippen molar-refractivity contribution in [2.45, 2.75) is 37.8 Å². The zero-order valence-corrected chi connectivity index (χ0v) is 14.2. The lowest BCUT2D eigenvalue weighted by molar-refractivity contribution is -0.131. The molecule has 2 aliphatic rings. The molecule has 1 aliphatic heterocycles. The summed E-state index contributed by atoms with van der Waals surface area (Å²) in [5.41, 5.74) is 0.613. The smallest absolute Gasteiger partial charge is 0.254 e. The second-order valence-electron chi connectivity index (χ2n) is 6.72. The number of carbonyl (C=O) groups is 1. The van der Waals surface area contributed by atoms with Crippen LogP contribution < -0.4 is 10.3 Å². The van der Waals surface area contributed by atoms with Gasteiger partial charge >= 0.3 is 0 Å². The first-order valence-electron chi connectivity index (χ1n) is 8.72. The predicted molar refractivity (Wildman–Crippen MR) is 90.3 cm³/mol. The van der Waals surface area contributed by atoms with Gasteiger partial charge in [-0.15, -0.1) is 0 Å². The van der Waals surface area contributed by atoms with Crippen molar-refractivity contribution in [2.75, 3.05) is 13.1 Å². The molecule has 136 valence electrons. The van der Waals surface area contributed by atoms with Crippen LogP contribution in [0.4, 0.5) is 4.39 Å². The highest BCUT2D eigenvalue weighted by molar-refractivity contribution is 5.76. The number of hydrogen-bond donors (Lipinski definition) is 0. The Hall–Kier alpha value is -2.77. The van der Waals surface area contributed by atoms with Gasteiger partial charge in [-0.2, -0.15) is 9.37 Å². The standard InChI is InChI=1S/C18H19FN4O3/c19-15-2-1-3-16(21-15)26-13-6-7-22(9-13)18(25)10-23-11-20-14(8-17(23)24)12-4-5-12/h1-3,8,11-13H,4-7,9-10H2. The Labute approximate surface area is 149 Å². The van der Waals surface area contributed by atoms with Crippen molar-refractivity contribution in [3.8, 4) is 5.88 Å². The summed E-state index contributed by atoms with van der Waals surface area (Å²) in [4.78, 5) is 34.2. The molecule has 1 unspecified atom stereocenters. The van der Waals surface area contributed by atoms with Crippen molar-refractivity contribution < 1.29 is 13.9 Å². The number of pyridine rings is 1. The lowest BCUT2D eigenvalue weighted by Crippen LogP contribution is -2.36. The number of aromatic nitrogens is 3. The van der Waals surface area contributed by atoms with Crippen LogP contribution in [0.1, 0.15) is 30.9 Å². The minimum Gasteiger partial charge on any atom is -0.472 e. The van der Waals surface area contributed by atoms with Gasteiger partial charge in [0.05, 0.1) is 18.6 Å². The molecule has 1 saturated heterocycles. The van der Waals surface area contributed by atoms with E-state index in [0.717, 1.165) is 18.5 Å². The van der Waals surface area contributed by atoms with Gasteiger partial charge in [-0.3, -0.25) is 14.2 Å². The highest BCUT2D eigenvalue weighted by atomic mass is 19.1. The Bertz CT molecular complexity index is 881. The van der Waals surface area contributed by atoms with E-state index < -0.39 is 5.95 Å².